The van der Waals surface area contributed by atoms with Gasteiger partial charge in [0.05, 0.1) is 0 Å². The minimum atomic E-state index is -0.0583. The van der Waals surface area contributed by atoms with Crippen LogP contribution in [0.1, 0.15) is 105 Å². The van der Waals surface area contributed by atoms with E-state index in [4.69, 9.17) is 0 Å². The van der Waals surface area contributed by atoms with Crippen LogP contribution < -0.4 is 5.11 Å². The quantitative estimate of drug-likeness (QED) is 0.591. The first-order valence-electron chi connectivity index (χ1n) is 9.53. The van der Waals surface area contributed by atoms with Crippen molar-refractivity contribution >= 4 is 13.7 Å². The van der Waals surface area contributed by atoms with Crippen molar-refractivity contribution < 1.29 is 5.11 Å². The first kappa shape index (κ1) is 22.4. The van der Waals surface area contributed by atoms with E-state index >= 15 is 0 Å². The summed E-state index contributed by atoms with van der Waals surface area (Å²) in [4.78, 5) is 0. The second-order valence-corrected chi connectivity index (χ2v) is 11.9. The fourth-order valence-corrected chi connectivity index (χ4v) is 3.80. The van der Waals surface area contributed by atoms with Gasteiger partial charge in [-0.05, 0) is 50.6 Å². The molecular formula is C23H38OP-. The lowest BCUT2D eigenvalue weighted by Crippen LogP contribution is -2.30. The van der Waals surface area contributed by atoms with Crippen LogP contribution in [0.4, 0.5) is 0 Å². The van der Waals surface area contributed by atoms with E-state index in [1.165, 1.54) is 16.7 Å². The molecular weight excluding hydrogens is 323 g/mol. The molecule has 1 aromatic carbocycles. The molecule has 1 nitrogen and oxygen atoms in total. The lowest BCUT2D eigenvalue weighted by atomic mass is 9.72. The van der Waals surface area contributed by atoms with Crippen molar-refractivity contribution in [3.8, 4) is 0 Å². The molecule has 0 N–H and O–H groups in total. The summed E-state index contributed by atoms with van der Waals surface area (Å²) < 4.78 is 0. The van der Waals surface area contributed by atoms with Gasteiger partial charge in [-0.25, -0.2) is 0 Å². The minimum Gasteiger partial charge on any atom is -0.824 e. The largest absolute Gasteiger partial charge is 0.824 e. The van der Waals surface area contributed by atoms with Crippen molar-refractivity contribution in [1.29, 1.82) is 0 Å². The third-order valence-electron chi connectivity index (χ3n) is 4.76. The minimum absolute atomic E-state index is 0.0583. The Labute approximate surface area is 158 Å². The van der Waals surface area contributed by atoms with Gasteiger partial charge in [0, 0.05) is 0 Å². The smallest absolute Gasteiger partial charge is 0.00317 e. The maximum absolute atomic E-state index is 13.3. The van der Waals surface area contributed by atoms with E-state index in [0.717, 1.165) is 20.2 Å². The zero-order valence-electron chi connectivity index (χ0n) is 18.3. The number of hydrogen-bond donors (Lipinski definition) is 0. The molecule has 0 fully saturated rings. The van der Waals surface area contributed by atoms with Crippen LogP contribution in [0.2, 0.25) is 0 Å². The summed E-state index contributed by atoms with van der Waals surface area (Å²) in [5.41, 5.74) is 5.32. The third kappa shape index (κ3) is 5.66. The highest BCUT2D eigenvalue weighted by Gasteiger charge is 2.28. The molecule has 2 heteroatoms. The SMILES string of the molecule is CCC(C)P=C([O-])c1c(C(C)(C)C)cc(C(C)(C)C)cc1C(C)(C)C. The van der Waals surface area contributed by atoms with E-state index in [2.05, 4.69) is 88.3 Å². The van der Waals surface area contributed by atoms with Gasteiger partial charge in [0.15, 0.2) is 0 Å². The molecule has 0 saturated carbocycles. The molecule has 0 radical (unpaired) electrons. The molecule has 1 rings (SSSR count). The van der Waals surface area contributed by atoms with Crippen LogP contribution in [-0.2, 0) is 16.2 Å². The molecule has 0 aliphatic rings. The molecule has 0 spiro atoms. The van der Waals surface area contributed by atoms with Gasteiger partial charge in [-0.15, -0.1) is 13.7 Å². The molecule has 0 aromatic heterocycles. The van der Waals surface area contributed by atoms with Crippen molar-refractivity contribution in [2.75, 3.05) is 0 Å². The summed E-state index contributed by atoms with van der Waals surface area (Å²) in [7, 11) is 0.920. The van der Waals surface area contributed by atoms with Crippen molar-refractivity contribution in [2.24, 2.45) is 0 Å². The monoisotopic (exact) mass is 361 g/mol. The van der Waals surface area contributed by atoms with E-state index in [1.807, 2.05) is 0 Å². The molecule has 0 saturated heterocycles. The summed E-state index contributed by atoms with van der Waals surface area (Å²) in [6.45, 7) is 24.4. The maximum Gasteiger partial charge on any atom is -0.00317 e. The number of hydrogen-bond acceptors (Lipinski definition) is 1. The lowest BCUT2D eigenvalue weighted by Gasteiger charge is -2.36. The molecule has 0 bridgehead atoms. The zero-order chi connectivity index (χ0) is 19.8. The Morgan fingerprint density at radius 3 is 1.56 bits per heavy atom. The Balaban J connectivity index is 3.92. The van der Waals surface area contributed by atoms with Gasteiger partial charge in [-0.2, -0.15) is 0 Å². The van der Waals surface area contributed by atoms with Crippen LogP contribution in [0.3, 0.4) is 0 Å². The average Bonchev–Trinajstić information content (AvgIpc) is 2.42. The summed E-state index contributed by atoms with van der Waals surface area (Å²) in [5.74, 6) is 0. The van der Waals surface area contributed by atoms with Gasteiger partial charge in [-0.3, -0.25) is 0 Å². The van der Waals surface area contributed by atoms with Crippen molar-refractivity contribution in [3.05, 3.63) is 34.4 Å². The van der Waals surface area contributed by atoms with Crippen molar-refractivity contribution in [2.45, 2.75) is 104 Å². The zero-order valence-corrected chi connectivity index (χ0v) is 19.2. The van der Waals surface area contributed by atoms with Gasteiger partial charge in [0.1, 0.15) is 0 Å². The van der Waals surface area contributed by atoms with Gasteiger partial charge in [0.2, 0.25) is 0 Å². The van der Waals surface area contributed by atoms with Crippen LogP contribution in [0.25, 0.3) is 0 Å². The number of benzene rings is 1. The van der Waals surface area contributed by atoms with Crippen LogP contribution in [0.15, 0.2) is 12.1 Å². The second-order valence-electron chi connectivity index (χ2n) is 10.4. The lowest BCUT2D eigenvalue weighted by molar-refractivity contribution is -0.207. The normalized spacial score (nSPS) is 15.4. The standard InChI is InChI=1S/C23H39OP/c1-12-15(2)25-20(24)19-17(22(6,7)8)13-16(21(3,4)5)14-18(19)23(9,10)11/h13-15,24H,12H2,1-11H3/p-1. The second kappa shape index (κ2) is 7.53. The predicted molar refractivity (Wildman–Crippen MR) is 113 cm³/mol. The van der Waals surface area contributed by atoms with Crippen molar-refractivity contribution in [1.82, 2.24) is 0 Å². The van der Waals surface area contributed by atoms with Gasteiger partial charge in [-0.1, -0.05) is 88.3 Å². The first-order chi connectivity index (χ1) is 11.1. The Morgan fingerprint density at radius 2 is 1.28 bits per heavy atom. The topological polar surface area (TPSA) is 23.1 Å². The van der Waals surface area contributed by atoms with Crippen LogP contribution in [-0.4, -0.2) is 11.1 Å². The highest BCUT2D eigenvalue weighted by Crippen LogP contribution is 2.39. The predicted octanol–water partition coefficient (Wildman–Crippen LogP) is 6.16. The van der Waals surface area contributed by atoms with E-state index < -0.39 is 0 Å². The highest BCUT2D eigenvalue weighted by molar-refractivity contribution is 7.41. The van der Waals surface area contributed by atoms with Gasteiger partial charge >= 0.3 is 0 Å². The Bertz CT molecular complexity index is 599. The molecule has 1 atom stereocenters. The summed E-state index contributed by atoms with van der Waals surface area (Å²) in [6, 6.07) is 4.57. The van der Waals surface area contributed by atoms with Gasteiger partial charge < -0.3 is 5.11 Å². The molecule has 1 unspecified atom stereocenters. The molecule has 1 aromatic rings. The fraction of sp³-hybridized carbons (Fsp3) is 0.696. The first-order valence-corrected chi connectivity index (χ1v) is 10.5. The van der Waals surface area contributed by atoms with Crippen molar-refractivity contribution in [3.63, 3.8) is 0 Å². The van der Waals surface area contributed by atoms with E-state index in [1.54, 1.807) is 0 Å². The molecule has 0 aliphatic carbocycles. The van der Waals surface area contributed by atoms with E-state index in [-0.39, 0.29) is 21.7 Å². The summed E-state index contributed by atoms with van der Waals surface area (Å²) >= 11 is 0. The molecule has 25 heavy (non-hydrogen) atoms. The third-order valence-corrected chi connectivity index (χ3v) is 6.03. The maximum atomic E-state index is 13.3. The Kier molecular flexibility index (Phi) is 6.75. The fourth-order valence-electron chi connectivity index (χ4n) is 2.84. The van der Waals surface area contributed by atoms with Crippen LogP contribution in [0.5, 0.6) is 0 Å². The number of rotatable bonds is 3. The van der Waals surface area contributed by atoms with Crippen LogP contribution >= 0.6 is 8.20 Å². The summed E-state index contributed by atoms with van der Waals surface area (Å²) in [6.07, 6.45) is 1.03. The van der Waals surface area contributed by atoms with E-state index in [9.17, 15) is 5.11 Å². The molecule has 0 aliphatic heterocycles. The Morgan fingerprint density at radius 1 is 0.880 bits per heavy atom. The molecule has 0 amide bonds. The Hall–Kier alpha value is -0.650. The van der Waals surface area contributed by atoms with Gasteiger partial charge in [0.25, 0.3) is 0 Å². The summed E-state index contributed by atoms with van der Waals surface area (Å²) in [5, 5.41) is 13.3. The molecule has 142 valence electrons. The van der Waals surface area contributed by atoms with E-state index in [0.29, 0.717) is 5.66 Å². The average molecular weight is 362 g/mol. The van der Waals surface area contributed by atoms with Crippen LogP contribution in [0, 0.1) is 0 Å². The molecule has 0 heterocycles. The highest BCUT2D eigenvalue weighted by atomic mass is 31.1.